The molecule has 0 aliphatic carbocycles. The van der Waals surface area contributed by atoms with E-state index in [4.69, 9.17) is 4.74 Å². The number of amides is 3. The van der Waals surface area contributed by atoms with E-state index in [2.05, 4.69) is 16.0 Å². The highest BCUT2D eigenvalue weighted by molar-refractivity contribution is 5.98. The van der Waals surface area contributed by atoms with Gasteiger partial charge < -0.3 is 20.7 Å². The van der Waals surface area contributed by atoms with E-state index < -0.39 is 0 Å². The van der Waals surface area contributed by atoms with Crippen molar-refractivity contribution in [1.29, 1.82) is 0 Å². The van der Waals surface area contributed by atoms with Crippen molar-refractivity contribution in [3.8, 4) is 0 Å². The van der Waals surface area contributed by atoms with Gasteiger partial charge in [-0.1, -0.05) is 6.07 Å². The molecular formula is C15H21N3O3. The van der Waals surface area contributed by atoms with Crippen molar-refractivity contribution >= 4 is 17.6 Å². The average Bonchev–Trinajstić information content (AvgIpc) is 3.00. The maximum Gasteiger partial charge on any atom is 0.319 e. The number of carbonyl (C=O) groups is 2. The van der Waals surface area contributed by atoms with E-state index in [1.54, 1.807) is 25.2 Å². The molecule has 6 nitrogen and oxygen atoms in total. The third kappa shape index (κ3) is 3.95. The topological polar surface area (TPSA) is 79.5 Å². The second-order valence-electron chi connectivity index (χ2n) is 5.12. The fourth-order valence-corrected chi connectivity index (χ4v) is 2.30. The summed E-state index contributed by atoms with van der Waals surface area (Å²) < 4.78 is 5.27. The van der Waals surface area contributed by atoms with Gasteiger partial charge in [0.25, 0.3) is 5.91 Å². The molecule has 0 aromatic heterocycles. The first-order valence-corrected chi connectivity index (χ1v) is 7.06. The molecule has 1 aliphatic heterocycles. The Morgan fingerprint density at radius 2 is 2.19 bits per heavy atom. The number of carbonyl (C=O) groups excluding carboxylic acids is 2. The second kappa shape index (κ2) is 7.08. The van der Waals surface area contributed by atoms with Crippen LogP contribution < -0.4 is 16.0 Å². The van der Waals surface area contributed by atoms with Crippen LogP contribution in [0.2, 0.25) is 0 Å². The van der Waals surface area contributed by atoms with Crippen LogP contribution in [0.5, 0.6) is 0 Å². The third-order valence-electron chi connectivity index (χ3n) is 3.63. The Morgan fingerprint density at radius 3 is 2.86 bits per heavy atom. The van der Waals surface area contributed by atoms with Gasteiger partial charge in [-0.15, -0.1) is 0 Å². The van der Waals surface area contributed by atoms with Gasteiger partial charge in [0, 0.05) is 37.4 Å². The molecule has 0 unspecified atom stereocenters. The van der Waals surface area contributed by atoms with Gasteiger partial charge >= 0.3 is 6.03 Å². The number of hydrogen-bond donors (Lipinski definition) is 3. The third-order valence-corrected chi connectivity index (χ3v) is 3.63. The van der Waals surface area contributed by atoms with E-state index >= 15 is 0 Å². The van der Waals surface area contributed by atoms with E-state index in [9.17, 15) is 9.59 Å². The Balaban J connectivity index is 1.95. The Hall–Kier alpha value is -2.08. The molecule has 0 radical (unpaired) electrons. The zero-order chi connectivity index (χ0) is 15.2. The molecule has 1 fully saturated rings. The first kappa shape index (κ1) is 15.3. The summed E-state index contributed by atoms with van der Waals surface area (Å²) in [7, 11) is 1.58. The van der Waals surface area contributed by atoms with Crippen LogP contribution in [0.15, 0.2) is 18.2 Å². The van der Waals surface area contributed by atoms with Crippen LogP contribution in [0.3, 0.4) is 0 Å². The van der Waals surface area contributed by atoms with Gasteiger partial charge in [-0.25, -0.2) is 4.79 Å². The number of urea groups is 1. The second-order valence-corrected chi connectivity index (χ2v) is 5.12. The molecule has 1 aromatic carbocycles. The van der Waals surface area contributed by atoms with E-state index in [0.717, 1.165) is 18.6 Å². The van der Waals surface area contributed by atoms with Crippen molar-refractivity contribution in [2.75, 3.05) is 32.1 Å². The summed E-state index contributed by atoms with van der Waals surface area (Å²) in [5.41, 5.74) is 1.94. The summed E-state index contributed by atoms with van der Waals surface area (Å²) >= 11 is 0. The minimum Gasteiger partial charge on any atom is -0.381 e. The monoisotopic (exact) mass is 291 g/mol. The van der Waals surface area contributed by atoms with Gasteiger partial charge in [0.1, 0.15) is 0 Å². The van der Waals surface area contributed by atoms with Gasteiger partial charge in [0.05, 0.1) is 6.61 Å². The lowest BCUT2D eigenvalue weighted by Gasteiger charge is -2.14. The van der Waals surface area contributed by atoms with Crippen LogP contribution in [0.1, 0.15) is 22.3 Å². The predicted octanol–water partition coefficient (Wildman–Crippen LogP) is 1.51. The molecule has 114 valence electrons. The summed E-state index contributed by atoms with van der Waals surface area (Å²) in [4.78, 5) is 23.6. The van der Waals surface area contributed by atoms with Crippen molar-refractivity contribution in [1.82, 2.24) is 10.6 Å². The zero-order valence-corrected chi connectivity index (χ0v) is 12.4. The molecule has 3 amide bonds. The highest BCUT2D eigenvalue weighted by atomic mass is 16.5. The molecule has 1 saturated heterocycles. The van der Waals surface area contributed by atoms with Gasteiger partial charge in [0.15, 0.2) is 0 Å². The molecule has 1 aromatic rings. The smallest absolute Gasteiger partial charge is 0.319 e. The average molecular weight is 291 g/mol. The van der Waals surface area contributed by atoms with E-state index in [-0.39, 0.29) is 11.9 Å². The first-order valence-electron chi connectivity index (χ1n) is 7.06. The van der Waals surface area contributed by atoms with E-state index in [0.29, 0.717) is 30.3 Å². The largest absolute Gasteiger partial charge is 0.381 e. The lowest BCUT2D eigenvalue weighted by Crippen LogP contribution is -2.33. The Bertz CT molecular complexity index is 525. The van der Waals surface area contributed by atoms with Crippen LogP contribution in [-0.4, -0.2) is 38.7 Å². The maximum absolute atomic E-state index is 11.9. The molecule has 2 rings (SSSR count). The first-order chi connectivity index (χ1) is 10.1. The lowest BCUT2D eigenvalue weighted by atomic mass is 10.1. The Morgan fingerprint density at radius 1 is 1.38 bits per heavy atom. The molecule has 21 heavy (non-hydrogen) atoms. The van der Waals surface area contributed by atoms with Crippen LogP contribution >= 0.6 is 0 Å². The van der Waals surface area contributed by atoms with Gasteiger partial charge in [-0.3, -0.25) is 4.79 Å². The summed E-state index contributed by atoms with van der Waals surface area (Å²) in [5, 5.41) is 8.20. The number of benzene rings is 1. The molecule has 0 bridgehead atoms. The van der Waals surface area contributed by atoms with Gasteiger partial charge in [-0.2, -0.15) is 0 Å². The Kier molecular flexibility index (Phi) is 5.16. The number of hydrogen-bond acceptors (Lipinski definition) is 3. The summed E-state index contributed by atoms with van der Waals surface area (Å²) in [6, 6.07) is 4.99. The summed E-state index contributed by atoms with van der Waals surface area (Å²) in [6.07, 6.45) is 0.978. The van der Waals surface area contributed by atoms with Crippen molar-refractivity contribution in [3.63, 3.8) is 0 Å². The predicted molar refractivity (Wildman–Crippen MR) is 80.5 cm³/mol. The highest BCUT2D eigenvalue weighted by Gasteiger charge is 2.17. The molecule has 0 saturated carbocycles. The van der Waals surface area contributed by atoms with Gasteiger partial charge in [-0.05, 0) is 31.0 Å². The van der Waals surface area contributed by atoms with Crippen LogP contribution in [0.25, 0.3) is 0 Å². The molecule has 3 N–H and O–H groups in total. The van der Waals surface area contributed by atoms with Crippen LogP contribution in [0.4, 0.5) is 10.5 Å². The Labute approximate surface area is 124 Å². The van der Waals surface area contributed by atoms with Gasteiger partial charge in [0.2, 0.25) is 0 Å². The quantitative estimate of drug-likeness (QED) is 0.787. The van der Waals surface area contributed by atoms with Crippen LogP contribution in [0, 0.1) is 12.8 Å². The van der Waals surface area contributed by atoms with E-state index in [1.807, 2.05) is 6.92 Å². The number of ether oxygens (including phenoxy) is 1. The standard InChI is InChI=1S/C15H21N3O3/c1-10-12(14(19)16-2)4-3-5-13(10)18-15(20)17-8-11-6-7-21-9-11/h3-5,11H,6-9H2,1-2H3,(H,16,19)(H2,17,18,20)/t11-/m1/s1. The molecule has 1 aliphatic rings. The molecule has 1 atom stereocenters. The number of nitrogens with one attached hydrogen (secondary N) is 3. The van der Waals surface area contributed by atoms with E-state index in [1.165, 1.54) is 0 Å². The molecule has 0 spiro atoms. The minimum atomic E-state index is -0.265. The summed E-state index contributed by atoms with van der Waals surface area (Å²) in [6.45, 7) is 3.87. The number of anilines is 1. The fraction of sp³-hybridized carbons (Fsp3) is 0.467. The lowest BCUT2D eigenvalue weighted by molar-refractivity contribution is 0.0962. The van der Waals surface area contributed by atoms with Crippen molar-refractivity contribution < 1.29 is 14.3 Å². The fourth-order valence-electron chi connectivity index (χ4n) is 2.30. The molecule has 1 heterocycles. The molecular weight excluding hydrogens is 270 g/mol. The van der Waals surface area contributed by atoms with Crippen molar-refractivity contribution in [3.05, 3.63) is 29.3 Å². The van der Waals surface area contributed by atoms with Crippen molar-refractivity contribution in [2.45, 2.75) is 13.3 Å². The number of rotatable bonds is 4. The van der Waals surface area contributed by atoms with Crippen molar-refractivity contribution in [2.24, 2.45) is 5.92 Å². The maximum atomic E-state index is 11.9. The summed E-state index contributed by atoms with van der Waals surface area (Å²) in [5.74, 6) is 0.216. The normalized spacial score (nSPS) is 17.3. The zero-order valence-electron chi connectivity index (χ0n) is 12.4. The highest BCUT2D eigenvalue weighted by Crippen LogP contribution is 2.19. The van der Waals surface area contributed by atoms with Crippen LogP contribution in [-0.2, 0) is 4.74 Å². The molecule has 6 heteroatoms. The minimum absolute atomic E-state index is 0.167. The SMILES string of the molecule is CNC(=O)c1cccc(NC(=O)NC[C@H]2CCOC2)c1C.